The molecule has 22 heavy (non-hydrogen) atoms. The van der Waals surface area contributed by atoms with Crippen LogP contribution in [0.25, 0.3) is 11.3 Å². The molecule has 0 aliphatic rings. The molecule has 0 aliphatic carbocycles. The Morgan fingerprint density at radius 1 is 1.23 bits per heavy atom. The molecule has 6 nitrogen and oxygen atoms in total. The van der Waals surface area contributed by atoms with Gasteiger partial charge in [-0.25, -0.2) is 9.37 Å². The highest BCUT2D eigenvalue weighted by molar-refractivity contribution is 6.42. The Kier molecular flexibility index (Phi) is 3.61. The summed E-state index contributed by atoms with van der Waals surface area (Å²) < 4.78 is 18.6. The number of furan rings is 1. The van der Waals surface area contributed by atoms with E-state index in [1.807, 2.05) is 0 Å². The molecule has 0 fully saturated rings. The zero-order valence-corrected chi connectivity index (χ0v) is 11.2. The fourth-order valence-corrected chi connectivity index (χ4v) is 1.95. The zero-order chi connectivity index (χ0) is 15.5. The van der Waals surface area contributed by atoms with Crippen LogP contribution in [0, 0.1) is 5.82 Å². The molecule has 3 aromatic rings. The molecule has 0 spiro atoms. The molecule has 0 unspecified atom stereocenters. The van der Waals surface area contributed by atoms with Crippen molar-refractivity contribution in [2.75, 3.05) is 0 Å². The number of Topliss-reactive ketones (excluding diaryl/α,β-unsaturated/α-hetero) is 2. The fourth-order valence-electron chi connectivity index (χ4n) is 1.95. The molecule has 2 aromatic heterocycles. The molecule has 0 bridgehead atoms. The summed E-state index contributed by atoms with van der Waals surface area (Å²) in [5.41, 5.74) is 0.555. The number of nitrogens with one attached hydrogen (secondary N) is 1. The number of hydrogen-bond acceptors (Lipinski definition) is 5. The summed E-state index contributed by atoms with van der Waals surface area (Å²) in [6.07, 6.45) is 1.01. The molecule has 3 rings (SSSR count). The van der Waals surface area contributed by atoms with Gasteiger partial charge in [0.15, 0.2) is 0 Å². The number of carbonyl (C=O) groups is 2. The first-order chi connectivity index (χ1) is 10.6. The van der Waals surface area contributed by atoms with Crippen molar-refractivity contribution >= 4 is 11.6 Å². The summed E-state index contributed by atoms with van der Waals surface area (Å²) in [6.45, 7) is 0. The fraction of sp³-hybridized carbons (Fsp3) is 0.0667. The number of aromatic amines is 1. The minimum atomic E-state index is -0.787. The molecule has 0 radical (unpaired) electrons. The highest BCUT2D eigenvalue weighted by Gasteiger charge is 2.21. The molecule has 0 atom stereocenters. The number of aromatic nitrogens is 3. The number of benzene rings is 1. The molecular weight excluding hydrogens is 289 g/mol. The van der Waals surface area contributed by atoms with Gasteiger partial charge in [-0.2, -0.15) is 0 Å². The van der Waals surface area contributed by atoms with Crippen molar-refractivity contribution in [2.24, 2.45) is 0 Å². The molecule has 1 N–H and O–H groups in total. The van der Waals surface area contributed by atoms with Crippen molar-refractivity contribution in [2.45, 2.75) is 6.42 Å². The molecule has 7 heteroatoms. The number of ketones is 2. The largest absolute Gasteiger partial charge is 0.461 e. The second kappa shape index (κ2) is 5.72. The van der Waals surface area contributed by atoms with Crippen molar-refractivity contribution in [3.05, 3.63) is 60.1 Å². The summed E-state index contributed by atoms with van der Waals surface area (Å²) in [5.74, 6) is -1.29. The number of H-pyrrole nitrogens is 1. The van der Waals surface area contributed by atoms with Gasteiger partial charge in [0.1, 0.15) is 23.7 Å². The Hall–Kier alpha value is -3.09. The van der Waals surface area contributed by atoms with E-state index >= 15 is 0 Å². The molecule has 0 saturated heterocycles. The van der Waals surface area contributed by atoms with Crippen LogP contribution in [0.15, 0.2) is 47.1 Å². The van der Waals surface area contributed by atoms with E-state index in [9.17, 15) is 14.0 Å². The average Bonchev–Trinajstić information content (AvgIpc) is 3.18. The molecule has 0 amide bonds. The average molecular weight is 299 g/mol. The summed E-state index contributed by atoms with van der Waals surface area (Å²) in [5, 5.41) is 5.93. The molecular formula is C15H10FN3O3. The quantitative estimate of drug-likeness (QED) is 0.576. The topological polar surface area (TPSA) is 88.9 Å². The van der Waals surface area contributed by atoms with Crippen LogP contribution in [0.3, 0.4) is 0 Å². The van der Waals surface area contributed by atoms with Gasteiger partial charge in [0.2, 0.25) is 11.6 Å². The van der Waals surface area contributed by atoms with Crippen molar-refractivity contribution in [3.63, 3.8) is 0 Å². The number of nitrogens with zero attached hydrogens (tertiary/aromatic N) is 2. The lowest BCUT2D eigenvalue weighted by atomic mass is 10.1. The standard InChI is InChI=1S/C15H10FN3O3/c16-10-3-1-2-9(6-10)13-5-4-11(22-13)7-12(20)14(21)15-17-8-18-19-15/h1-6,8H,7H2,(H,17,18,19). The van der Waals surface area contributed by atoms with Gasteiger partial charge in [0, 0.05) is 5.56 Å². The second-order valence-electron chi connectivity index (χ2n) is 4.53. The maximum absolute atomic E-state index is 13.2. The van der Waals surface area contributed by atoms with Gasteiger partial charge in [0.25, 0.3) is 5.78 Å². The third-order valence-electron chi connectivity index (χ3n) is 2.98. The van der Waals surface area contributed by atoms with Gasteiger partial charge < -0.3 is 4.42 Å². The van der Waals surface area contributed by atoms with Crippen LogP contribution < -0.4 is 0 Å². The molecule has 0 aliphatic heterocycles. The Morgan fingerprint density at radius 3 is 2.82 bits per heavy atom. The van der Waals surface area contributed by atoms with E-state index in [0.29, 0.717) is 17.1 Å². The highest BCUT2D eigenvalue weighted by atomic mass is 19.1. The van der Waals surface area contributed by atoms with E-state index in [1.165, 1.54) is 18.5 Å². The van der Waals surface area contributed by atoms with Crippen LogP contribution in [0.1, 0.15) is 16.4 Å². The maximum Gasteiger partial charge on any atom is 0.268 e. The second-order valence-corrected chi connectivity index (χ2v) is 4.53. The molecule has 110 valence electrons. The normalized spacial score (nSPS) is 10.6. The third-order valence-corrected chi connectivity index (χ3v) is 2.98. The first-order valence-electron chi connectivity index (χ1n) is 6.41. The van der Waals surface area contributed by atoms with Gasteiger partial charge >= 0.3 is 0 Å². The SMILES string of the molecule is O=C(Cc1ccc(-c2cccc(F)c2)o1)C(=O)c1nc[nH]n1. The monoisotopic (exact) mass is 299 g/mol. The third kappa shape index (κ3) is 2.83. The molecule has 0 saturated carbocycles. The van der Waals surface area contributed by atoms with E-state index in [4.69, 9.17) is 4.42 Å². The summed E-state index contributed by atoms with van der Waals surface area (Å²) >= 11 is 0. The predicted molar refractivity (Wildman–Crippen MR) is 73.5 cm³/mol. The lowest BCUT2D eigenvalue weighted by Crippen LogP contribution is -2.17. The number of rotatable bonds is 5. The number of hydrogen-bond donors (Lipinski definition) is 1. The Labute approximate surface area is 124 Å². The predicted octanol–water partition coefficient (Wildman–Crippen LogP) is 2.20. The van der Waals surface area contributed by atoms with Crippen LogP contribution in [0.5, 0.6) is 0 Å². The van der Waals surface area contributed by atoms with Gasteiger partial charge in [-0.3, -0.25) is 14.7 Å². The highest BCUT2D eigenvalue weighted by Crippen LogP contribution is 2.23. The molecule has 2 heterocycles. The first kappa shape index (κ1) is 13.9. The smallest absolute Gasteiger partial charge is 0.268 e. The number of carbonyl (C=O) groups excluding carboxylic acids is 2. The van der Waals surface area contributed by atoms with E-state index in [0.717, 1.165) is 0 Å². The maximum atomic E-state index is 13.2. The van der Waals surface area contributed by atoms with Crippen molar-refractivity contribution in [1.29, 1.82) is 0 Å². The summed E-state index contributed by atoms with van der Waals surface area (Å²) in [4.78, 5) is 27.2. The van der Waals surface area contributed by atoms with Crippen molar-refractivity contribution in [1.82, 2.24) is 15.2 Å². The van der Waals surface area contributed by atoms with Crippen LogP contribution in [0.4, 0.5) is 4.39 Å². The summed E-state index contributed by atoms with van der Waals surface area (Å²) in [6, 6.07) is 9.09. The Bertz CT molecular complexity index is 824. The Morgan fingerprint density at radius 2 is 2.09 bits per heavy atom. The Balaban J connectivity index is 1.74. The summed E-state index contributed by atoms with van der Waals surface area (Å²) in [7, 11) is 0. The van der Waals surface area contributed by atoms with E-state index in [-0.39, 0.29) is 18.1 Å². The van der Waals surface area contributed by atoms with Gasteiger partial charge in [0.05, 0.1) is 6.42 Å². The van der Waals surface area contributed by atoms with Crippen LogP contribution in [-0.2, 0) is 11.2 Å². The van der Waals surface area contributed by atoms with Crippen LogP contribution >= 0.6 is 0 Å². The van der Waals surface area contributed by atoms with Crippen LogP contribution in [0.2, 0.25) is 0 Å². The van der Waals surface area contributed by atoms with Crippen molar-refractivity contribution < 1.29 is 18.4 Å². The first-order valence-corrected chi connectivity index (χ1v) is 6.41. The van der Waals surface area contributed by atoms with Crippen LogP contribution in [-0.4, -0.2) is 26.7 Å². The molecule has 1 aromatic carbocycles. The zero-order valence-electron chi connectivity index (χ0n) is 11.2. The van der Waals surface area contributed by atoms with E-state index in [1.54, 1.807) is 24.3 Å². The minimum absolute atomic E-state index is 0.179. The minimum Gasteiger partial charge on any atom is -0.461 e. The van der Waals surface area contributed by atoms with Crippen molar-refractivity contribution in [3.8, 4) is 11.3 Å². The van der Waals surface area contributed by atoms with E-state index < -0.39 is 11.6 Å². The van der Waals surface area contributed by atoms with Gasteiger partial charge in [-0.1, -0.05) is 12.1 Å². The lowest BCUT2D eigenvalue weighted by Gasteiger charge is -1.97. The van der Waals surface area contributed by atoms with Gasteiger partial charge in [-0.05, 0) is 24.3 Å². The number of halogens is 1. The van der Waals surface area contributed by atoms with E-state index in [2.05, 4.69) is 15.2 Å². The van der Waals surface area contributed by atoms with Gasteiger partial charge in [-0.15, -0.1) is 5.10 Å². The lowest BCUT2D eigenvalue weighted by molar-refractivity contribution is -0.114.